The average molecular weight is 303 g/mol. The van der Waals surface area contributed by atoms with Crippen molar-refractivity contribution in [3.05, 3.63) is 46.9 Å². The molecule has 1 unspecified atom stereocenters. The van der Waals surface area contributed by atoms with Crippen LogP contribution in [0.3, 0.4) is 0 Å². The van der Waals surface area contributed by atoms with Crippen LogP contribution < -0.4 is 10.6 Å². The molecule has 2 aliphatic rings. The summed E-state index contributed by atoms with van der Waals surface area (Å²) in [4.78, 5) is 26.2. The highest BCUT2D eigenvalue weighted by molar-refractivity contribution is 6.01. The Bertz CT molecular complexity index is 639. The number of rotatable bonds is 4. The maximum atomic E-state index is 13.1. The number of carbonyl (C=O) groups is 2. The van der Waals surface area contributed by atoms with Crippen molar-refractivity contribution < 1.29 is 14.0 Å². The molecule has 1 aromatic carbocycles. The van der Waals surface area contributed by atoms with E-state index in [0.717, 1.165) is 12.8 Å². The fraction of sp³-hybridized carbons (Fsp3) is 0.375. The first-order valence-electron chi connectivity index (χ1n) is 7.45. The molecular formula is C16H18FN3O2. The standard InChI is InChI=1S/C16H18FN3O2/c1-2-3-8-20-9-12-13(15(20)21)14(19-16(22)18-12)10-4-6-11(17)7-5-10/h4-7,14H,2-3,8-9H2,1H3,(H2,18,19,22). The summed E-state index contributed by atoms with van der Waals surface area (Å²) in [6.07, 6.45) is 1.93. The Morgan fingerprint density at radius 2 is 2.00 bits per heavy atom. The summed E-state index contributed by atoms with van der Waals surface area (Å²) in [5.41, 5.74) is 1.91. The fourth-order valence-corrected chi connectivity index (χ4v) is 2.86. The van der Waals surface area contributed by atoms with Crippen molar-refractivity contribution in [1.82, 2.24) is 15.5 Å². The summed E-state index contributed by atoms with van der Waals surface area (Å²) < 4.78 is 13.1. The van der Waals surface area contributed by atoms with Crippen molar-refractivity contribution in [2.24, 2.45) is 0 Å². The van der Waals surface area contributed by atoms with E-state index in [9.17, 15) is 14.0 Å². The van der Waals surface area contributed by atoms with Gasteiger partial charge in [0.2, 0.25) is 0 Å². The van der Waals surface area contributed by atoms with Gasteiger partial charge in [0.15, 0.2) is 0 Å². The van der Waals surface area contributed by atoms with Gasteiger partial charge >= 0.3 is 6.03 Å². The zero-order valence-corrected chi connectivity index (χ0v) is 12.4. The van der Waals surface area contributed by atoms with E-state index >= 15 is 0 Å². The molecule has 3 rings (SSSR count). The van der Waals surface area contributed by atoms with Crippen molar-refractivity contribution in [3.63, 3.8) is 0 Å². The van der Waals surface area contributed by atoms with Gasteiger partial charge in [-0.1, -0.05) is 25.5 Å². The lowest BCUT2D eigenvalue weighted by atomic mass is 9.96. The van der Waals surface area contributed by atoms with Crippen LogP contribution in [0.25, 0.3) is 0 Å². The predicted octanol–water partition coefficient (Wildman–Crippen LogP) is 2.08. The SMILES string of the molecule is CCCCN1CC2=C(C1=O)C(c1ccc(F)cc1)NC(=O)N2. The van der Waals surface area contributed by atoms with Gasteiger partial charge in [-0.25, -0.2) is 9.18 Å². The van der Waals surface area contributed by atoms with E-state index in [4.69, 9.17) is 0 Å². The molecule has 116 valence electrons. The number of nitrogens with zero attached hydrogens (tertiary/aromatic N) is 1. The van der Waals surface area contributed by atoms with Crippen molar-refractivity contribution in [3.8, 4) is 0 Å². The molecular weight excluding hydrogens is 285 g/mol. The van der Waals surface area contributed by atoms with Gasteiger partial charge in [0.1, 0.15) is 5.82 Å². The molecule has 0 saturated carbocycles. The van der Waals surface area contributed by atoms with Crippen LogP contribution >= 0.6 is 0 Å². The minimum Gasteiger partial charge on any atom is -0.333 e. The molecule has 0 spiro atoms. The van der Waals surface area contributed by atoms with E-state index in [1.54, 1.807) is 17.0 Å². The number of hydrogen-bond acceptors (Lipinski definition) is 2. The second-order valence-corrected chi connectivity index (χ2v) is 5.56. The lowest BCUT2D eigenvalue weighted by Gasteiger charge is -2.25. The van der Waals surface area contributed by atoms with Crippen molar-refractivity contribution in [2.45, 2.75) is 25.8 Å². The van der Waals surface area contributed by atoms with E-state index in [1.807, 2.05) is 0 Å². The molecule has 0 fully saturated rings. The monoisotopic (exact) mass is 303 g/mol. The summed E-state index contributed by atoms with van der Waals surface area (Å²) in [6, 6.07) is 4.99. The minimum atomic E-state index is -0.525. The molecule has 1 atom stereocenters. The molecule has 22 heavy (non-hydrogen) atoms. The van der Waals surface area contributed by atoms with Gasteiger partial charge in [-0.2, -0.15) is 0 Å². The summed E-state index contributed by atoms with van der Waals surface area (Å²) in [5.74, 6) is -0.411. The molecule has 0 saturated heterocycles. The number of carbonyl (C=O) groups excluding carboxylic acids is 2. The number of hydrogen-bond donors (Lipinski definition) is 2. The van der Waals surface area contributed by atoms with Crippen LogP contribution in [0.2, 0.25) is 0 Å². The van der Waals surface area contributed by atoms with E-state index in [0.29, 0.717) is 29.9 Å². The first kappa shape index (κ1) is 14.6. The maximum Gasteiger partial charge on any atom is 0.319 e. The molecule has 6 heteroatoms. The Balaban J connectivity index is 1.90. The summed E-state index contributed by atoms with van der Waals surface area (Å²) in [6.45, 7) is 3.17. The maximum absolute atomic E-state index is 13.1. The molecule has 2 heterocycles. The Labute approximate surface area is 128 Å². The number of benzene rings is 1. The highest BCUT2D eigenvalue weighted by Crippen LogP contribution is 2.32. The smallest absolute Gasteiger partial charge is 0.319 e. The van der Waals surface area contributed by atoms with Gasteiger partial charge < -0.3 is 15.5 Å². The number of nitrogens with one attached hydrogen (secondary N) is 2. The zero-order chi connectivity index (χ0) is 15.7. The number of urea groups is 1. The van der Waals surface area contributed by atoms with Crippen LogP contribution in [-0.4, -0.2) is 29.9 Å². The second-order valence-electron chi connectivity index (χ2n) is 5.56. The lowest BCUT2D eigenvalue weighted by Crippen LogP contribution is -2.44. The topological polar surface area (TPSA) is 61.4 Å². The third kappa shape index (κ3) is 2.56. The molecule has 3 amide bonds. The van der Waals surface area contributed by atoms with E-state index < -0.39 is 6.04 Å². The molecule has 0 radical (unpaired) electrons. The number of amides is 3. The molecule has 0 aromatic heterocycles. The summed E-state index contributed by atoms with van der Waals surface area (Å²) in [7, 11) is 0. The van der Waals surface area contributed by atoms with Crippen molar-refractivity contribution >= 4 is 11.9 Å². The Hall–Kier alpha value is -2.37. The van der Waals surface area contributed by atoms with E-state index in [1.165, 1.54) is 12.1 Å². The highest BCUT2D eigenvalue weighted by Gasteiger charge is 2.39. The molecule has 1 aromatic rings. The second kappa shape index (κ2) is 5.79. The third-order valence-corrected chi connectivity index (χ3v) is 4.01. The molecule has 0 bridgehead atoms. The zero-order valence-electron chi connectivity index (χ0n) is 12.4. The molecule has 2 aliphatic heterocycles. The highest BCUT2D eigenvalue weighted by atomic mass is 19.1. The van der Waals surface area contributed by atoms with Crippen LogP contribution in [0.4, 0.5) is 9.18 Å². The number of halogens is 1. The number of unbranched alkanes of at least 4 members (excludes halogenated alkanes) is 1. The van der Waals surface area contributed by atoms with Gasteiger partial charge in [0.25, 0.3) is 5.91 Å². The third-order valence-electron chi connectivity index (χ3n) is 4.01. The van der Waals surface area contributed by atoms with Crippen LogP contribution in [0.15, 0.2) is 35.5 Å². The largest absolute Gasteiger partial charge is 0.333 e. The van der Waals surface area contributed by atoms with Gasteiger partial charge in [-0.05, 0) is 24.1 Å². The van der Waals surface area contributed by atoms with Gasteiger partial charge in [-0.15, -0.1) is 0 Å². The lowest BCUT2D eigenvalue weighted by molar-refractivity contribution is -0.125. The Morgan fingerprint density at radius 1 is 1.27 bits per heavy atom. The average Bonchev–Trinajstić information content (AvgIpc) is 2.81. The quantitative estimate of drug-likeness (QED) is 0.894. The normalized spacial score (nSPS) is 20.8. The van der Waals surface area contributed by atoms with Crippen LogP contribution in [0.5, 0.6) is 0 Å². The van der Waals surface area contributed by atoms with Crippen molar-refractivity contribution in [2.75, 3.05) is 13.1 Å². The predicted molar refractivity (Wildman–Crippen MR) is 79.3 cm³/mol. The molecule has 5 nitrogen and oxygen atoms in total. The van der Waals surface area contributed by atoms with Gasteiger partial charge in [0.05, 0.1) is 23.9 Å². The summed E-state index contributed by atoms with van der Waals surface area (Å²) in [5, 5.41) is 5.47. The van der Waals surface area contributed by atoms with Crippen LogP contribution in [0, 0.1) is 5.82 Å². The summed E-state index contributed by atoms with van der Waals surface area (Å²) >= 11 is 0. The Kier molecular flexibility index (Phi) is 3.83. The fourth-order valence-electron chi connectivity index (χ4n) is 2.86. The van der Waals surface area contributed by atoms with Crippen LogP contribution in [-0.2, 0) is 4.79 Å². The Morgan fingerprint density at radius 3 is 2.68 bits per heavy atom. The van der Waals surface area contributed by atoms with E-state index in [2.05, 4.69) is 17.6 Å². The van der Waals surface area contributed by atoms with Crippen molar-refractivity contribution in [1.29, 1.82) is 0 Å². The van der Waals surface area contributed by atoms with Gasteiger partial charge in [0, 0.05) is 6.54 Å². The van der Waals surface area contributed by atoms with Gasteiger partial charge in [-0.3, -0.25) is 4.79 Å². The molecule has 2 N–H and O–H groups in total. The first-order chi connectivity index (χ1) is 10.6. The molecule has 0 aliphatic carbocycles. The first-order valence-corrected chi connectivity index (χ1v) is 7.45. The van der Waals surface area contributed by atoms with Crippen LogP contribution in [0.1, 0.15) is 31.4 Å². The minimum absolute atomic E-state index is 0.0646. The van der Waals surface area contributed by atoms with E-state index in [-0.39, 0.29) is 17.8 Å².